The minimum Gasteiger partial charge on any atom is -0.371 e. The lowest BCUT2D eigenvalue weighted by Crippen LogP contribution is -2.44. The van der Waals surface area contributed by atoms with E-state index in [0.29, 0.717) is 22.5 Å². The molecular formula is C26H33N3O4S. The van der Waals surface area contributed by atoms with Gasteiger partial charge in [0.1, 0.15) is 6.04 Å². The zero-order valence-corrected chi connectivity index (χ0v) is 20.4. The van der Waals surface area contributed by atoms with Crippen LogP contribution in [0.15, 0.2) is 42.5 Å². The van der Waals surface area contributed by atoms with Gasteiger partial charge < -0.3 is 16.0 Å². The van der Waals surface area contributed by atoms with Gasteiger partial charge in [0.05, 0.1) is 22.9 Å². The Bertz CT molecular complexity index is 1150. The average molecular weight is 484 g/mol. The molecule has 2 aromatic rings. The molecular weight excluding hydrogens is 450 g/mol. The number of nitrogens with one attached hydrogen (secondary N) is 3. The molecule has 0 aromatic heterocycles. The van der Waals surface area contributed by atoms with Crippen molar-refractivity contribution < 1.29 is 18.0 Å². The molecule has 1 heterocycles. The van der Waals surface area contributed by atoms with Crippen LogP contribution < -0.4 is 16.0 Å². The quantitative estimate of drug-likeness (QED) is 0.572. The molecule has 8 heteroatoms. The monoisotopic (exact) mass is 483 g/mol. The number of rotatable bonds is 6. The third-order valence-electron chi connectivity index (χ3n) is 6.52. The first-order valence-corrected chi connectivity index (χ1v) is 13.9. The molecule has 3 N–H and O–H groups in total. The number of benzene rings is 2. The van der Waals surface area contributed by atoms with Crippen LogP contribution in [-0.2, 0) is 20.4 Å². The Hall–Kier alpha value is -2.87. The fourth-order valence-corrected chi connectivity index (χ4v) is 6.29. The first-order valence-electron chi connectivity index (χ1n) is 12.1. The van der Waals surface area contributed by atoms with Gasteiger partial charge in [-0.3, -0.25) is 9.59 Å². The van der Waals surface area contributed by atoms with Gasteiger partial charge in [-0.2, -0.15) is 0 Å². The van der Waals surface area contributed by atoms with Gasteiger partial charge in [0.25, 0.3) is 5.91 Å². The maximum atomic E-state index is 12.8. The summed E-state index contributed by atoms with van der Waals surface area (Å²) in [5.41, 5.74) is 3.27. The summed E-state index contributed by atoms with van der Waals surface area (Å²) < 4.78 is 25.5. The molecule has 1 saturated carbocycles. The lowest BCUT2D eigenvalue weighted by molar-refractivity contribution is -0.116. The summed E-state index contributed by atoms with van der Waals surface area (Å²) in [6.45, 7) is 1.91. The highest BCUT2D eigenvalue weighted by molar-refractivity contribution is 7.90. The van der Waals surface area contributed by atoms with Crippen LogP contribution in [-0.4, -0.2) is 38.1 Å². The summed E-state index contributed by atoms with van der Waals surface area (Å²) in [4.78, 5) is 25.5. The summed E-state index contributed by atoms with van der Waals surface area (Å²) in [7, 11) is -3.52. The van der Waals surface area contributed by atoms with Crippen molar-refractivity contribution in [1.82, 2.24) is 5.32 Å². The van der Waals surface area contributed by atoms with Crippen molar-refractivity contribution >= 4 is 33.0 Å². The molecule has 182 valence electrons. The van der Waals surface area contributed by atoms with Crippen molar-refractivity contribution in [2.24, 2.45) is 0 Å². The predicted octanol–water partition coefficient (Wildman–Crippen LogP) is 4.19. The van der Waals surface area contributed by atoms with E-state index < -0.39 is 21.8 Å². The first-order chi connectivity index (χ1) is 16.3. The Kier molecular flexibility index (Phi) is 7.56. The molecule has 0 spiro atoms. The number of carbonyl (C=O) groups excluding carboxylic acids is 2. The maximum absolute atomic E-state index is 12.8. The van der Waals surface area contributed by atoms with Crippen LogP contribution in [0.2, 0.25) is 0 Å². The number of hydrogen-bond acceptors (Lipinski definition) is 5. The topological polar surface area (TPSA) is 104 Å². The molecule has 1 aliphatic carbocycles. The summed E-state index contributed by atoms with van der Waals surface area (Å²) in [5, 5.41) is 8.95. The van der Waals surface area contributed by atoms with E-state index in [4.69, 9.17) is 0 Å². The molecule has 2 aliphatic rings. The minimum atomic E-state index is -3.52. The fraction of sp³-hybridized carbons (Fsp3) is 0.462. The smallest absolute Gasteiger partial charge is 0.251 e. The van der Waals surface area contributed by atoms with Crippen molar-refractivity contribution in [3.63, 3.8) is 0 Å². The second-order valence-electron chi connectivity index (χ2n) is 9.51. The van der Waals surface area contributed by atoms with E-state index in [1.54, 1.807) is 24.3 Å². The third-order valence-corrected chi connectivity index (χ3v) is 8.13. The number of sulfone groups is 1. The van der Waals surface area contributed by atoms with Crippen LogP contribution in [0.4, 0.5) is 11.4 Å². The lowest BCUT2D eigenvalue weighted by atomic mass is 9.96. The minimum absolute atomic E-state index is 0.118. The Morgan fingerprint density at radius 2 is 1.74 bits per heavy atom. The Morgan fingerprint density at radius 1 is 1.00 bits per heavy atom. The van der Waals surface area contributed by atoms with E-state index in [2.05, 4.69) is 16.0 Å². The molecule has 0 unspecified atom stereocenters. The van der Waals surface area contributed by atoms with E-state index in [0.717, 1.165) is 31.2 Å². The van der Waals surface area contributed by atoms with Gasteiger partial charge in [-0.15, -0.1) is 0 Å². The van der Waals surface area contributed by atoms with Crippen molar-refractivity contribution in [3.05, 3.63) is 59.2 Å². The molecule has 34 heavy (non-hydrogen) atoms. The molecule has 0 radical (unpaired) electrons. The molecule has 0 bridgehead atoms. The van der Waals surface area contributed by atoms with Crippen molar-refractivity contribution in [1.29, 1.82) is 0 Å². The van der Waals surface area contributed by atoms with E-state index in [9.17, 15) is 18.0 Å². The van der Waals surface area contributed by atoms with E-state index >= 15 is 0 Å². The highest BCUT2D eigenvalue weighted by atomic mass is 32.2. The summed E-state index contributed by atoms with van der Waals surface area (Å²) >= 11 is 0. The maximum Gasteiger partial charge on any atom is 0.251 e. The number of carbonyl (C=O) groups is 2. The van der Waals surface area contributed by atoms with E-state index in [-0.39, 0.29) is 23.5 Å². The van der Waals surface area contributed by atoms with Crippen LogP contribution in [0.1, 0.15) is 66.4 Å². The predicted molar refractivity (Wildman–Crippen MR) is 135 cm³/mol. The molecule has 2 aromatic carbocycles. The van der Waals surface area contributed by atoms with Gasteiger partial charge in [-0.1, -0.05) is 61.9 Å². The van der Waals surface area contributed by atoms with Crippen LogP contribution in [0.25, 0.3) is 0 Å². The van der Waals surface area contributed by atoms with Crippen LogP contribution in [0, 0.1) is 6.92 Å². The number of hydrogen-bond donors (Lipinski definition) is 3. The molecule has 1 fully saturated rings. The van der Waals surface area contributed by atoms with Crippen molar-refractivity contribution in [3.8, 4) is 0 Å². The number of fused-ring (bicyclic) bond motifs is 1. The fourth-order valence-electron chi connectivity index (χ4n) is 4.74. The van der Waals surface area contributed by atoms with Crippen LogP contribution in [0.5, 0.6) is 0 Å². The summed E-state index contributed by atoms with van der Waals surface area (Å²) in [5.74, 6) is -0.993. The van der Waals surface area contributed by atoms with E-state index in [1.807, 2.05) is 25.1 Å². The summed E-state index contributed by atoms with van der Waals surface area (Å²) in [6, 6.07) is 11.7. The average Bonchev–Trinajstić information content (AvgIpc) is 2.75. The van der Waals surface area contributed by atoms with Gasteiger partial charge in [0, 0.05) is 11.6 Å². The van der Waals surface area contributed by atoms with Crippen molar-refractivity contribution in [2.45, 2.75) is 69.7 Å². The zero-order valence-electron chi connectivity index (χ0n) is 19.6. The second kappa shape index (κ2) is 10.6. The Morgan fingerprint density at radius 3 is 2.47 bits per heavy atom. The van der Waals surface area contributed by atoms with E-state index in [1.165, 1.54) is 19.3 Å². The van der Waals surface area contributed by atoms with Gasteiger partial charge >= 0.3 is 0 Å². The Labute approximate surface area is 201 Å². The molecule has 7 nitrogen and oxygen atoms in total. The molecule has 1 atom stereocenters. The Balaban J connectivity index is 1.40. The lowest BCUT2D eigenvalue weighted by Gasteiger charge is -2.27. The van der Waals surface area contributed by atoms with Crippen LogP contribution >= 0.6 is 0 Å². The number of amides is 2. The van der Waals surface area contributed by atoms with Gasteiger partial charge in [0.2, 0.25) is 5.91 Å². The first kappa shape index (κ1) is 24.3. The summed E-state index contributed by atoms with van der Waals surface area (Å²) in [6.07, 6.45) is 7.94. The standard InChI is InChI=1S/C26H33N3O4S/c1-18-8-7-9-19(14-18)16-34(32,33)17-24-26(31)29-23-15-20(12-13-22(23)28-24)25(30)27-21-10-5-3-2-4-6-11-21/h7-9,12-15,21,24,28H,2-6,10-11,16-17H2,1H3,(H,27,30)(H,29,31)/t24-/m1/s1. The van der Waals surface area contributed by atoms with Crippen molar-refractivity contribution in [2.75, 3.05) is 16.4 Å². The van der Waals surface area contributed by atoms with Gasteiger partial charge in [-0.25, -0.2) is 8.42 Å². The zero-order chi connectivity index (χ0) is 24.1. The highest BCUT2D eigenvalue weighted by Crippen LogP contribution is 2.29. The second-order valence-corrected chi connectivity index (χ2v) is 11.6. The normalized spacial score (nSPS) is 19.2. The number of anilines is 2. The largest absolute Gasteiger partial charge is 0.371 e. The molecule has 1 aliphatic heterocycles. The molecule has 0 saturated heterocycles. The SMILES string of the molecule is Cc1cccc(CS(=O)(=O)C[C@H]2Nc3ccc(C(=O)NC4CCCCCCC4)cc3NC2=O)c1. The van der Waals surface area contributed by atoms with Gasteiger partial charge in [-0.05, 0) is 43.5 Å². The highest BCUT2D eigenvalue weighted by Gasteiger charge is 2.31. The molecule has 2 amide bonds. The molecule has 4 rings (SSSR count). The third kappa shape index (κ3) is 6.38. The van der Waals surface area contributed by atoms with Crippen LogP contribution in [0.3, 0.4) is 0 Å². The number of aryl methyl sites for hydroxylation is 1. The van der Waals surface area contributed by atoms with Gasteiger partial charge in [0.15, 0.2) is 9.84 Å².